The summed E-state index contributed by atoms with van der Waals surface area (Å²) in [7, 11) is 1.65. The van der Waals surface area contributed by atoms with Crippen LogP contribution in [0.4, 0.5) is 0 Å². The van der Waals surface area contributed by atoms with E-state index in [0.717, 1.165) is 11.3 Å². The van der Waals surface area contributed by atoms with Crippen molar-refractivity contribution in [3.63, 3.8) is 0 Å². The Balaban J connectivity index is 1.78. The summed E-state index contributed by atoms with van der Waals surface area (Å²) >= 11 is 5.29. The molecule has 0 aliphatic heterocycles. The molecule has 1 aromatic carbocycles. The monoisotopic (exact) mass is 305 g/mol. The molecule has 1 aliphatic rings. The second-order valence-electron chi connectivity index (χ2n) is 5.48. The summed E-state index contributed by atoms with van der Waals surface area (Å²) in [5.41, 5.74) is 3.88. The van der Waals surface area contributed by atoms with Gasteiger partial charge in [-0.1, -0.05) is 19.8 Å². The van der Waals surface area contributed by atoms with E-state index in [1.54, 1.807) is 13.3 Å². The largest absolute Gasteiger partial charge is 0.497 e. The van der Waals surface area contributed by atoms with Gasteiger partial charge in [-0.15, -0.1) is 0 Å². The number of hydrazone groups is 1. The molecular formula is C16H23N3OS. The summed E-state index contributed by atoms with van der Waals surface area (Å²) in [5, 5.41) is 8.12. The maximum absolute atomic E-state index is 5.29. The van der Waals surface area contributed by atoms with Crippen molar-refractivity contribution in [2.24, 2.45) is 11.0 Å². The molecule has 2 rings (SSSR count). The fraction of sp³-hybridized carbons (Fsp3) is 0.500. The minimum absolute atomic E-state index is 0.468. The van der Waals surface area contributed by atoms with Crippen molar-refractivity contribution in [3.8, 4) is 5.75 Å². The number of hydrogen-bond donors (Lipinski definition) is 2. The van der Waals surface area contributed by atoms with Gasteiger partial charge in [-0.05, 0) is 60.8 Å². The molecule has 0 bridgehead atoms. The first-order valence-corrected chi connectivity index (χ1v) is 7.83. The van der Waals surface area contributed by atoms with Gasteiger partial charge >= 0.3 is 0 Å². The number of benzene rings is 1. The third-order valence-electron chi connectivity index (χ3n) is 3.92. The third-order valence-corrected chi connectivity index (χ3v) is 4.13. The van der Waals surface area contributed by atoms with Crippen LogP contribution in [0.5, 0.6) is 5.75 Å². The van der Waals surface area contributed by atoms with Gasteiger partial charge in [-0.3, -0.25) is 5.43 Å². The van der Waals surface area contributed by atoms with Crippen molar-refractivity contribution in [1.29, 1.82) is 0 Å². The van der Waals surface area contributed by atoms with Crippen molar-refractivity contribution in [3.05, 3.63) is 29.8 Å². The Bertz CT molecular complexity index is 487. The molecule has 5 heteroatoms. The van der Waals surface area contributed by atoms with Crippen LogP contribution in [0.25, 0.3) is 0 Å². The quantitative estimate of drug-likeness (QED) is 0.510. The van der Waals surface area contributed by atoms with Crippen LogP contribution in [0.3, 0.4) is 0 Å². The summed E-state index contributed by atoms with van der Waals surface area (Å²) in [4.78, 5) is 0. The van der Waals surface area contributed by atoms with Crippen LogP contribution in [-0.4, -0.2) is 24.5 Å². The first-order valence-electron chi connectivity index (χ1n) is 7.42. The normalized spacial score (nSPS) is 22.0. The van der Waals surface area contributed by atoms with Gasteiger partial charge < -0.3 is 10.1 Å². The van der Waals surface area contributed by atoms with Crippen LogP contribution in [-0.2, 0) is 0 Å². The molecule has 0 saturated heterocycles. The van der Waals surface area contributed by atoms with Gasteiger partial charge in [-0.2, -0.15) is 5.10 Å². The number of rotatable bonds is 4. The highest BCUT2D eigenvalue weighted by atomic mass is 32.1. The third kappa shape index (κ3) is 5.01. The van der Waals surface area contributed by atoms with E-state index in [1.165, 1.54) is 25.7 Å². The number of methoxy groups -OCH3 is 1. The van der Waals surface area contributed by atoms with Crippen LogP contribution in [0.15, 0.2) is 29.4 Å². The molecule has 0 radical (unpaired) electrons. The summed E-state index contributed by atoms with van der Waals surface area (Å²) in [5.74, 6) is 1.51. The average Bonchev–Trinajstić information content (AvgIpc) is 2.50. The summed E-state index contributed by atoms with van der Waals surface area (Å²) in [6.07, 6.45) is 6.81. The number of nitrogens with zero attached hydrogens (tertiary/aromatic N) is 1. The highest BCUT2D eigenvalue weighted by Gasteiger charge is 2.21. The van der Waals surface area contributed by atoms with Crippen LogP contribution in [0.1, 0.15) is 38.2 Å². The second kappa shape index (κ2) is 7.98. The highest BCUT2D eigenvalue weighted by molar-refractivity contribution is 7.80. The molecular weight excluding hydrogens is 282 g/mol. The smallest absolute Gasteiger partial charge is 0.187 e. The molecule has 0 unspecified atom stereocenters. The van der Waals surface area contributed by atoms with E-state index in [0.29, 0.717) is 17.1 Å². The predicted molar refractivity (Wildman–Crippen MR) is 90.9 cm³/mol. The number of ether oxygens (including phenoxy) is 1. The van der Waals surface area contributed by atoms with E-state index in [2.05, 4.69) is 22.8 Å². The van der Waals surface area contributed by atoms with Crippen molar-refractivity contribution in [1.82, 2.24) is 10.7 Å². The van der Waals surface area contributed by atoms with Gasteiger partial charge in [0.15, 0.2) is 5.11 Å². The van der Waals surface area contributed by atoms with Crippen molar-refractivity contribution >= 4 is 23.5 Å². The fourth-order valence-corrected chi connectivity index (χ4v) is 2.79. The molecule has 1 aliphatic carbocycles. The topological polar surface area (TPSA) is 45.6 Å². The van der Waals surface area contributed by atoms with Crippen LogP contribution in [0.2, 0.25) is 0 Å². The Morgan fingerprint density at radius 1 is 1.29 bits per heavy atom. The molecule has 2 N–H and O–H groups in total. The molecule has 4 nitrogen and oxygen atoms in total. The van der Waals surface area contributed by atoms with E-state index in [-0.39, 0.29) is 0 Å². The van der Waals surface area contributed by atoms with E-state index >= 15 is 0 Å². The van der Waals surface area contributed by atoms with Gasteiger partial charge in [-0.25, -0.2) is 0 Å². The van der Waals surface area contributed by atoms with Gasteiger partial charge in [0.05, 0.1) is 13.3 Å². The molecule has 1 aromatic rings. The summed E-state index contributed by atoms with van der Waals surface area (Å²) < 4.78 is 5.12. The Morgan fingerprint density at radius 3 is 2.67 bits per heavy atom. The Hall–Kier alpha value is -1.62. The standard InChI is InChI=1S/C16H23N3OS/c1-12-5-3-4-6-15(12)18-16(21)19-17-11-13-7-9-14(20-2)10-8-13/h7-12,15H,3-6H2,1-2H3,(H2,18,19,21)/b17-11-/t12-,15+/m1/s1. The van der Waals surface area contributed by atoms with Crippen molar-refractivity contribution in [2.45, 2.75) is 38.6 Å². The van der Waals surface area contributed by atoms with Crippen LogP contribution in [0, 0.1) is 5.92 Å². The maximum atomic E-state index is 5.29. The summed E-state index contributed by atoms with van der Waals surface area (Å²) in [6, 6.07) is 8.17. The zero-order chi connectivity index (χ0) is 15.1. The van der Waals surface area contributed by atoms with E-state index in [1.807, 2.05) is 24.3 Å². The fourth-order valence-electron chi connectivity index (χ4n) is 2.59. The van der Waals surface area contributed by atoms with Crippen LogP contribution >= 0.6 is 12.2 Å². The van der Waals surface area contributed by atoms with E-state index in [9.17, 15) is 0 Å². The number of thiocarbonyl (C=S) groups is 1. The lowest BCUT2D eigenvalue weighted by Crippen LogP contribution is -2.44. The van der Waals surface area contributed by atoms with Gasteiger partial charge in [0.25, 0.3) is 0 Å². The van der Waals surface area contributed by atoms with Gasteiger partial charge in [0.2, 0.25) is 0 Å². The van der Waals surface area contributed by atoms with Crippen LogP contribution < -0.4 is 15.5 Å². The molecule has 21 heavy (non-hydrogen) atoms. The van der Waals surface area contributed by atoms with Gasteiger partial charge in [0.1, 0.15) is 5.75 Å². The molecule has 0 aromatic heterocycles. The maximum Gasteiger partial charge on any atom is 0.187 e. The molecule has 0 amide bonds. The minimum Gasteiger partial charge on any atom is -0.497 e. The SMILES string of the molecule is COc1ccc(/C=N\NC(=S)N[C@H]2CCCC[C@H]2C)cc1. The second-order valence-corrected chi connectivity index (χ2v) is 5.89. The number of hydrogen-bond acceptors (Lipinski definition) is 3. The lowest BCUT2D eigenvalue weighted by atomic mass is 9.86. The Morgan fingerprint density at radius 2 is 2.00 bits per heavy atom. The minimum atomic E-state index is 0.468. The lowest BCUT2D eigenvalue weighted by Gasteiger charge is -2.30. The first kappa shape index (κ1) is 15.8. The molecule has 114 valence electrons. The Kier molecular flexibility index (Phi) is 5.99. The first-order chi connectivity index (χ1) is 10.2. The predicted octanol–water partition coefficient (Wildman–Crippen LogP) is 3.07. The number of nitrogens with one attached hydrogen (secondary N) is 2. The summed E-state index contributed by atoms with van der Waals surface area (Å²) in [6.45, 7) is 2.28. The van der Waals surface area contributed by atoms with Crippen molar-refractivity contribution < 1.29 is 4.74 Å². The molecule has 1 saturated carbocycles. The Labute approximate surface area is 132 Å². The molecule has 2 atom stereocenters. The van der Waals surface area contributed by atoms with Crippen molar-refractivity contribution in [2.75, 3.05) is 7.11 Å². The van der Waals surface area contributed by atoms with E-state index < -0.39 is 0 Å². The zero-order valence-electron chi connectivity index (χ0n) is 12.6. The van der Waals surface area contributed by atoms with E-state index in [4.69, 9.17) is 17.0 Å². The lowest BCUT2D eigenvalue weighted by molar-refractivity contribution is 0.308. The molecule has 0 heterocycles. The molecule has 1 fully saturated rings. The molecule has 0 spiro atoms. The zero-order valence-corrected chi connectivity index (χ0v) is 13.5. The average molecular weight is 305 g/mol. The highest BCUT2D eigenvalue weighted by Crippen LogP contribution is 2.23. The van der Waals surface area contributed by atoms with Gasteiger partial charge in [0, 0.05) is 6.04 Å².